The molecule has 0 aromatic heterocycles. The number of nitrogens with zero attached hydrogens (tertiary/aromatic N) is 1. The standard InChI is InChI=1S/C21H7NO6S/c1-2-3-4-5-6-7-8-9-10-11-12-13-14-15-16-17-22-20(23)18-19(21(24)25)29(26,27)28/h19H,1,18H2,(H,24,25)(H,26,27,28). The number of hydrogen-bond donors (Lipinski definition) is 2. The molecular formula is C21H7NO6S. The summed E-state index contributed by atoms with van der Waals surface area (Å²) in [7, 11) is -4.94. The number of aliphatic imine (C=N–C) groups is 1. The van der Waals surface area contributed by atoms with Gasteiger partial charge in [0.2, 0.25) is 0 Å². The van der Waals surface area contributed by atoms with Crippen molar-refractivity contribution in [3.05, 3.63) is 92.5 Å². The second-order valence-electron chi connectivity index (χ2n) is 4.09. The number of carboxylic acids is 1. The largest absolute Gasteiger partial charge is 0.480 e. The summed E-state index contributed by atoms with van der Waals surface area (Å²) >= 11 is 0. The average Bonchev–Trinajstić information content (AvgIpc) is 2.64. The summed E-state index contributed by atoms with van der Waals surface area (Å²) in [5.74, 6) is -1.09. The fourth-order valence-corrected chi connectivity index (χ4v) is 1.67. The maximum Gasteiger partial charge on any atom is 0.324 e. The van der Waals surface area contributed by atoms with Crippen LogP contribution in [0.2, 0.25) is 0 Å². The molecule has 0 heterocycles. The number of amides is 1. The molecule has 0 bridgehead atoms. The van der Waals surface area contributed by atoms with Crippen LogP contribution >= 0.6 is 0 Å². The van der Waals surface area contributed by atoms with Gasteiger partial charge in [-0.3, -0.25) is 14.1 Å². The van der Waals surface area contributed by atoms with Gasteiger partial charge in [0.1, 0.15) is 0 Å². The highest BCUT2D eigenvalue weighted by molar-refractivity contribution is 7.87. The summed E-state index contributed by atoms with van der Waals surface area (Å²) < 4.78 is 30.3. The van der Waals surface area contributed by atoms with Crippen LogP contribution in [0, 0.1) is 0 Å². The normalized spacial score (nSPS) is 8.17. The van der Waals surface area contributed by atoms with Gasteiger partial charge in [-0.2, -0.15) is 13.4 Å². The van der Waals surface area contributed by atoms with Crippen LogP contribution in [0.1, 0.15) is 6.42 Å². The second kappa shape index (κ2) is 14.4. The summed E-state index contributed by atoms with van der Waals surface area (Å²) in [6, 6.07) is 0. The minimum Gasteiger partial charge on any atom is -0.480 e. The van der Waals surface area contributed by atoms with E-state index in [1.165, 1.54) is 0 Å². The van der Waals surface area contributed by atoms with Crippen LogP contribution in [0.5, 0.6) is 0 Å². The first kappa shape index (κ1) is 24.2. The third-order valence-corrected chi connectivity index (χ3v) is 3.22. The van der Waals surface area contributed by atoms with Crippen LogP contribution < -0.4 is 0 Å². The molecule has 29 heavy (non-hydrogen) atoms. The van der Waals surface area contributed by atoms with Crippen molar-refractivity contribution in [2.45, 2.75) is 11.7 Å². The number of carboxylic acid groups (broad SMARTS) is 1. The molecule has 0 saturated carbocycles. The van der Waals surface area contributed by atoms with Gasteiger partial charge in [-0.25, -0.2) is 0 Å². The molecule has 7 nitrogen and oxygen atoms in total. The highest BCUT2D eigenvalue weighted by atomic mass is 32.2. The van der Waals surface area contributed by atoms with Crippen molar-refractivity contribution in [3.63, 3.8) is 0 Å². The lowest BCUT2D eigenvalue weighted by atomic mass is 10.3. The summed E-state index contributed by atoms with van der Waals surface area (Å²) in [5, 5.41) is 6.31. The summed E-state index contributed by atoms with van der Waals surface area (Å²) in [6.45, 7) is 3.27. The van der Waals surface area contributed by atoms with E-state index in [2.05, 4.69) is 97.5 Å². The highest BCUT2D eigenvalue weighted by Gasteiger charge is 2.33. The Labute approximate surface area is 165 Å². The van der Waals surface area contributed by atoms with Crippen LogP contribution in [-0.2, 0) is 19.7 Å². The molecule has 0 aliphatic heterocycles. The van der Waals surface area contributed by atoms with Crippen LogP contribution in [0.15, 0.2) is 97.5 Å². The van der Waals surface area contributed by atoms with Gasteiger partial charge >= 0.3 is 5.97 Å². The number of carbonyl (C=O) groups is 2. The van der Waals surface area contributed by atoms with E-state index >= 15 is 0 Å². The van der Waals surface area contributed by atoms with Gasteiger partial charge in [-0.15, -0.1) is 0 Å². The van der Waals surface area contributed by atoms with Gasteiger partial charge in [0.05, 0.1) is 12.3 Å². The minimum absolute atomic E-state index is 1.06. The van der Waals surface area contributed by atoms with Gasteiger partial charge in [-0.05, 0) is 46.7 Å². The van der Waals surface area contributed by atoms with E-state index in [1.807, 2.05) is 5.87 Å². The molecular weight excluding hydrogens is 394 g/mol. The summed E-state index contributed by atoms with van der Waals surface area (Å²) in [4.78, 5) is 25.1. The van der Waals surface area contributed by atoms with Crippen LogP contribution in [0.3, 0.4) is 0 Å². The molecule has 0 fully saturated rings. The first-order valence-corrected chi connectivity index (χ1v) is 8.49. The Morgan fingerprint density at radius 3 is 1.52 bits per heavy atom. The summed E-state index contributed by atoms with van der Waals surface area (Å²) in [5.41, 5.74) is 35.2. The molecule has 0 saturated heterocycles. The summed E-state index contributed by atoms with van der Waals surface area (Å²) in [6.07, 6.45) is -1.06. The Hall–Kier alpha value is -4.80. The zero-order valence-corrected chi connectivity index (χ0v) is 15.2. The molecule has 8 heteroatoms. The zero-order valence-electron chi connectivity index (χ0n) is 14.4. The van der Waals surface area contributed by atoms with Crippen molar-refractivity contribution in [1.29, 1.82) is 0 Å². The smallest absolute Gasteiger partial charge is 0.324 e. The third-order valence-electron chi connectivity index (χ3n) is 2.13. The Bertz CT molecular complexity index is 1430. The Kier molecular flexibility index (Phi) is 12.0. The molecule has 0 aromatic rings. The molecule has 1 atom stereocenters. The van der Waals surface area contributed by atoms with Crippen molar-refractivity contribution in [3.8, 4) is 0 Å². The number of rotatable bonds is 4. The molecule has 0 rings (SSSR count). The van der Waals surface area contributed by atoms with E-state index in [4.69, 9.17) is 9.66 Å². The molecule has 0 aromatic carbocycles. The van der Waals surface area contributed by atoms with E-state index in [-0.39, 0.29) is 0 Å². The predicted molar refractivity (Wildman–Crippen MR) is 98.4 cm³/mol. The lowest BCUT2D eigenvalue weighted by Gasteiger charge is -2.04. The van der Waals surface area contributed by atoms with Crippen molar-refractivity contribution < 1.29 is 27.7 Å². The third kappa shape index (κ3) is 14.1. The fourth-order valence-electron chi connectivity index (χ4n) is 1.06. The Morgan fingerprint density at radius 1 is 0.793 bits per heavy atom. The van der Waals surface area contributed by atoms with Crippen LogP contribution in [0.25, 0.3) is 0 Å². The highest BCUT2D eigenvalue weighted by Crippen LogP contribution is 2.05. The van der Waals surface area contributed by atoms with E-state index < -0.39 is 33.7 Å². The quantitative estimate of drug-likeness (QED) is 0.418. The molecule has 0 aliphatic carbocycles. The van der Waals surface area contributed by atoms with Gasteiger partial charge < -0.3 is 5.11 Å². The maximum atomic E-state index is 11.3. The molecule has 0 spiro atoms. The molecule has 0 aliphatic rings. The van der Waals surface area contributed by atoms with E-state index in [0.29, 0.717) is 0 Å². The molecule has 2 N–H and O–H groups in total. The van der Waals surface area contributed by atoms with Gasteiger partial charge in [0.15, 0.2) is 5.25 Å². The van der Waals surface area contributed by atoms with Crippen molar-refractivity contribution in [1.82, 2.24) is 0 Å². The van der Waals surface area contributed by atoms with E-state index in [1.54, 1.807) is 0 Å². The second-order valence-corrected chi connectivity index (χ2v) is 5.69. The maximum absolute atomic E-state index is 11.3. The molecule has 138 valence electrons. The first-order chi connectivity index (χ1) is 13.8. The first-order valence-electron chi connectivity index (χ1n) is 6.98. The van der Waals surface area contributed by atoms with Gasteiger partial charge in [0, 0.05) is 40.1 Å². The van der Waals surface area contributed by atoms with Crippen molar-refractivity contribution in [2.75, 3.05) is 0 Å². The van der Waals surface area contributed by atoms with Crippen LogP contribution in [-0.4, -0.2) is 41.1 Å². The van der Waals surface area contributed by atoms with Crippen molar-refractivity contribution in [2.24, 2.45) is 4.99 Å². The van der Waals surface area contributed by atoms with E-state index in [9.17, 15) is 18.0 Å². The lowest BCUT2D eigenvalue weighted by Crippen LogP contribution is -2.31. The molecule has 0 radical (unpaired) electrons. The number of hydrogen-bond acceptors (Lipinski definition) is 4. The van der Waals surface area contributed by atoms with Gasteiger partial charge in [-0.1, -0.05) is 5.73 Å². The van der Waals surface area contributed by atoms with Crippen LogP contribution in [0.4, 0.5) is 0 Å². The molecule has 1 amide bonds. The SMILES string of the molecule is C=C=C=C=C=C=C=C=C=C=C=C=C=C=C=C=C=NC(=O)CC(C(=O)O)S(=O)(=O)O. The number of aliphatic carboxylic acids is 1. The molecule has 1 unspecified atom stereocenters. The topological polar surface area (TPSA) is 121 Å². The minimum atomic E-state index is -4.94. The predicted octanol–water partition coefficient (Wildman–Crippen LogP) is 1.43. The van der Waals surface area contributed by atoms with Gasteiger partial charge in [0.25, 0.3) is 16.0 Å². The van der Waals surface area contributed by atoms with E-state index in [0.717, 1.165) is 0 Å². The lowest BCUT2D eigenvalue weighted by molar-refractivity contribution is -0.138. The van der Waals surface area contributed by atoms with Crippen molar-refractivity contribution >= 4 is 27.9 Å². The zero-order chi connectivity index (χ0) is 22.0. The Morgan fingerprint density at radius 2 is 1.17 bits per heavy atom. The Balaban J connectivity index is 5.60. The average molecular weight is 401 g/mol. The fraction of sp³-hybridized carbons (Fsp3) is 0.0952. The monoisotopic (exact) mass is 401 g/mol. The number of carbonyl (C=O) groups excluding carboxylic acids is 1.